The summed E-state index contributed by atoms with van der Waals surface area (Å²) in [5, 5.41) is 1.50. The lowest BCUT2D eigenvalue weighted by molar-refractivity contribution is -0.116. The summed E-state index contributed by atoms with van der Waals surface area (Å²) >= 11 is 13.4. The molecule has 0 aliphatic rings. The van der Waals surface area contributed by atoms with Gasteiger partial charge < -0.3 is 4.90 Å². The van der Waals surface area contributed by atoms with Crippen LogP contribution in [0.4, 0.5) is 5.13 Å². The van der Waals surface area contributed by atoms with E-state index < -0.39 is 21.5 Å². The van der Waals surface area contributed by atoms with E-state index in [0.717, 1.165) is 22.3 Å². The van der Waals surface area contributed by atoms with E-state index >= 15 is 0 Å². The number of halogens is 2. The molecule has 6 nitrogen and oxygen atoms in total. The largest absolute Gasteiger partial charge is 0.309 e. The highest BCUT2D eigenvalue weighted by Gasteiger charge is 2.26. The maximum Gasteiger partial charge on any atom is 0.244 e. The van der Waals surface area contributed by atoms with Gasteiger partial charge in [0, 0.05) is 16.6 Å². The lowest BCUT2D eigenvalue weighted by Gasteiger charge is -2.21. The number of sulfone groups is 1. The van der Waals surface area contributed by atoms with Gasteiger partial charge in [-0.2, -0.15) is 0 Å². The van der Waals surface area contributed by atoms with Crippen LogP contribution in [0.3, 0.4) is 0 Å². The fourth-order valence-corrected chi connectivity index (χ4v) is 5.59. The Labute approximate surface area is 196 Å². The Morgan fingerprint density at radius 1 is 1.06 bits per heavy atom. The predicted octanol–water partition coefficient (Wildman–Crippen LogP) is 4.67. The van der Waals surface area contributed by atoms with Crippen molar-refractivity contribution in [2.24, 2.45) is 0 Å². The number of carbonyl (C=O) groups is 1. The standard InChI is InChI=1S/C21H23Cl2N3O3S2/c1-14-17(23)9-10-18-20(14)24-21(30-18)26(12-4-11-25(2)3)19(27)13-31(28,29)16-7-5-15(22)6-8-16/h5-10H,4,11-13H2,1-3H3. The van der Waals surface area contributed by atoms with Crippen LogP contribution in [0.2, 0.25) is 10.0 Å². The molecule has 0 saturated heterocycles. The van der Waals surface area contributed by atoms with E-state index in [1.54, 1.807) is 6.07 Å². The summed E-state index contributed by atoms with van der Waals surface area (Å²) in [5.74, 6) is -1.16. The van der Waals surface area contributed by atoms with Crippen LogP contribution < -0.4 is 4.90 Å². The minimum Gasteiger partial charge on any atom is -0.309 e. The van der Waals surface area contributed by atoms with Gasteiger partial charge in [-0.1, -0.05) is 34.5 Å². The van der Waals surface area contributed by atoms with Crippen LogP contribution in [0.15, 0.2) is 41.3 Å². The molecule has 1 amide bonds. The number of benzene rings is 2. The van der Waals surface area contributed by atoms with Gasteiger partial charge >= 0.3 is 0 Å². The van der Waals surface area contributed by atoms with Crippen molar-refractivity contribution >= 4 is 65.6 Å². The molecule has 166 valence electrons. The fourth-order valence-electron chi connectivity index (χ4n) is 3.04. The molecule has 3 rings (SSSR count). The number of anilines is 1. The molecular formula is C21H23Cl2N3O3S2. The summed E-state index contributed by atoms with van der Waals surface area (Å²) < 4.78 is 26.5. The Hall–Kier alpha value is -1.71. The van der Waals surface area contributed by atoms with Gasteiger partial charge in [-0.15, -0.1) is 0 Å². The van der Waals surface area contributed by atoms with Crippen molar-refractivity contribution in [1.29, 1.82) is 0 Å². The van der Waals surface area contributed by atoms with Gasteiger partial charge in [0.1, 0.15) is 5.75 Å². The Morgan fingerprint density at radius 3 is 2.39 bits per heavy atom. The average Bonchev–Trinajstić information content (AvgIpc) is 3.12. The maximum absolute atomic E-state index is 13.2. The number of rotatable bonds is 8. The average molecular weight is 500 g/mol. The molecular weight excluding hydrogens is 477 g/mol. The number of aromatic nitrogens is 1. The molecule has 1 aromatic heterocycles. The zero-order valence-corrected chi connectivity index (χ0v) is 20.6. The first-order valence-electron chi connectivity index (χ1n) is 9.57. The Bertz CT molecular complexity index is 1190. The molecule has 3 aromatic rings. The monoisotopic (exact) mass is 499 g/mol. The quantitative estimate of drug-likeness (QED) is 0.450. The molecule has 0 saturated carbocycles. The predicted molar refractivity (Wildman–Crippen MR) is 128 cm³/mol. The van der Waals surface area contributed by atoms with E-state index in [-0.39, 0.29) is 4.90 Å². The van der Waals surface area contributed by atoms with Gasteiger partial charge in [0.15, 0.2) is 15.0 Å². The number of hydrogen-bond acceptors (Lipinski definition) is 6. The number of thiazole rings is 1. The van der Waals surface area contributed by atoms with E-state index in [0.29, 0.717) is 28.1 Å². The zero-order chi connectivity index (χ0) is 22.8. The third-order valence-corrected chi connectivity index (χ3v) is 8.06. The van der Waals surface area contributed by atoms with Crippen molar-refractivity contribution in [3.8, 4) is 0 Å². The summed E-state index contributed by atoms with van der Waals surface area (Å²) in [7, 11) is 0.0692. The smallest absolute Gasteiger partial charge is 0.244 e. The van der Waals surface area contributed by atoms with Gasteiger partial charge in [0.2, 0.25) is 5.91 Å². The van der Waals surface area contributed by atoms with Crippen LogP contribution in [0.5, 0.6) is 0 Å². The van der Waals surface area contributed by atoms with Crippen molar-refractivity contribution in [1.82, 2.24) is 9.88 Å². The van der Waals surface area contributed by atoms with Gasteiger partial charge in [-0.05, 0) is 75.9 Å². The molecule has 0 fully saturated rings. The second kappa shape index (κ2) is 9.83. The van der Waals surface area contributed by atoms with Gasteiger partial charge in [0.05, 0.1) is 15.1 Å². The van der Waals surface area contributed by atoms with E-state index in [4.69, 9.17) is 23.2 Å². The highest BCUT2D eigenvalue weighted by atomic mass is 35.5. The third kappa shape index (κ3) is 5.75. The van der Waals surface area contributed by atoms with Crippen LogP contribution in [0, 0.1) is 6.92 Å². The van der Waals surface area contributed by atoms with Crippen LogP contribution in [0.25, 0.3) is 10.2 Å². The number of amides is 1. The van der Waals surface area contributed by atoms with Crippen molar-refractivity contribution in [3.63, 3.8) is 0 Å². The normalized spacial score (nSPS) is 11.9. The maximum atomic E-state index is 13.2. The van der Waals surface area contributed by atoms with Crippen molar-refractivity contribution in [2.75, 3.05) is 37.8 Å². The second-order valence-corrected chi connectivity index (χ2v) is 11.3. The number of fused-ring (bicyclic) bond motifs is 1. The molecule has 0 N–H and O–H groups in total. The van der Waals surface area contributed by atoms with Crippen LogP contribution >= 0.6 is 34.5 Å². The van der Waals surface area contributed by atoms with E-state index in [1.165, 1.54) is 40.5 Å². The lowest BCUT2D eigenvalue weighted by atomic mass is 10.2. The SMILES string of the molecule is Cc1c(Cl)ccc2sc(N(CCCN(C)C)C(=O)CS(=O)(=O)c3ccc(Cl)cc3)nc12. The number of hydrogen-bond donors (Lipinski definition) is 0. The molecule has 10 heteroatoms. The van der Waals surface area contributed by atoms with Gasteiger partial charge in [-0.25, -0.2) is 13.4 Å². The van der Waals surface area contributed by atoms with Crippen molar-refractivity contribution in [2.45, 2.75) is 18.2 Å². The van der Waals surface area contributed by atoms with Crippen LogP contribution in [0.1, 0.15) is 12.0 Å². The molecule has 0 bridgehead atoms. The molecule has 31 heavy (non-hydrogen) atoms. The fraction of sp³-hybridized carbons (Fsp3) is 0.333. The molecule has 1 heterocycles. The minimum atomic E-state index is -3.82. The molecule has 2 aromatic carbocycles. The van der Waals surface area contributed by atoms with Crippen LogP contribution in [-0.4, -0.2) is 57.1 Å². The zero-order valence-electron chi connectivity index (χ0n) is 17.4. The minimum absolute atomic E-state index is 0.0606. The summed E-state index contributed by atoms with van der Waals surface area (Å²) in [4.78, 5) is 21.3. The number of nitrogens with zero attached hydrogens (tertiary/aromatic N) is 3. The summed E-state index contributed by atoms with van der Waals surface area (Å²) in [6.07, 6.45) is 0.676. The first kappa shape index (κ1) is 23.9. The Balaban J connectivity index is 1.92. The molecule has 0 unspecified atom stereocenters. The topological polar surface area (TPSA) is 70.6 Å². The van der Waals surface area contributed by atoms with E-state index in [2.05, 4.69) is 4.98 Å². The van der Waals surface area contributed by atoms with Gasteiger partial charge in [-0.3, -0.25) is 9.69 Å². The molecule has 0 atom stereocenters. The molecule has 0 spiro atoms. The number of aryl methyl sites for hydroxylation is 1. The highest BCUT2D eigenvalue weighted by molar-refractivity contribution is 7.92. The summed E-state index contributed by atoms with van der Waals surface area (Å²) in [6, 6.07) is 9.46. The summed E-state index contributed by atoms with van der Waals surface area (Å²) in [6.45, 7) is 2.99. The first-order valence-corrected chi connectivity index (χ1v) is 12.8. The second-order valence-electron chi connectivity index (χ2n) is 7.43. The lowest BCUT2D eigenvalue weighted by Crippen LogP contribution is -2.37. The number of carbonyl (C=O) groups excluding carboxylic acids is 1. The highest BCUT2D eigenvalue weighted by Crippen LogP contribution is 2.34. The summed E-state index contributed by atoms with van der Waals surface area (Å²) in [5.41, 5.74) is 1.55. The Morgan fingerprint density at radius 2 is 1.74 bits per heavy atom. The molecule has 0 aliphatic carbocycles. The van der Waals surface area contributed by atoms with Gasteiger partial charge in [0.25, 0.3) is 0 Å². The molecule has 0 aliphatic heterocycles. The van der Waals surface area contributed by atoms with E-state index in [1.807, 2.05) is 32.0 Å². The van der Waals surface area contributed by atoms with E-state index in [9.17, 15) is 13.2 Å². The Kier molecular flexibility index (Phi) is 7.59. The van der Waals surface area contributed by atoms with Crippen molar-refractivity contribution < 1.29 is 13.2 Å². The van der Waals surface area contributed by atoms with Crippen molar-refractivity contribution in [3.05, 3.63) is 52.0 Å². The first-order chi connectivity index (χ1) is 14.6. The van der Waals surface area contributed by atoms with Crippen LogP contribution in [-0.2, 0) is 14.6 Å². The molecule has 0 radical (unpaired) electrons. The third-order valence-electron chi connectivity index (χ3n) is 4.74.